The van der Waals surface area contributed by atoms with Crippen LogP contribution in [-0.4, -0.2) is 16.8 Å². The SMILES string of the molecule is CC(C)(C)c1cc2c3c(c1)-n1c4ccccc4c4cccc(c41)B3c1cccc3c1N2C1(C)CCCCC31C. The van der Waals surface area contributed by atoms with Crippen LogP contribution in [0, 0.1) is 0 Å². The summed E-state index contributed by atoms with van der Waals surface area (Å²) >= 11 is 0. The Morgan fingerprint density at radius 2 is 1.49 bits per heavy atom. The third kappa shape index (κ3) is 2.40. The first-order valence-corrected chi connectivity index (χ1v) is 14.9. The zero-order valence-corrected chi connectivity index (χ0v) is 23.7. The Morgan fingerprint density at radius 3 is 2.33 bits per heavy atom. The minimum Gasteiger partial charge on any atom is -0.335 e. The fourth-order valence-corrected chi connectivity index (χ4v) is 9.13. The van der Waals surface area contributed by atoms with Crippen molar-refractivity contribution in [3.63, 3.8) is 0 Å². The van der Waals surface area contributed by atoms with E-state index in [0.717, 1.165) is 0 Å². The molecule has 2 nitrogen and oxygen atoms in total. The fraction of sp³-hybridized carbons (Fsp3) is 0.333. The molecular formula is C36H35BN2. The van der Waals surface area contributed by atoms with E-state index in [2.05, 4.69) is 117 Å². The molecule has 1 saturated carbocycles. The molecule has 3 heteroatoms. The maximum Gasteiger partial charge on any atom is 0.252 e. The highest BCUT2D eigenvalue weighted by molar-refractivity contribution is 7.00. The van der Waals surface area contributed by atoms with Crippen molar-refractivity contribution in [1.82, 2.24) is 4.57 Å². The first-order chi connectivity index (χ1) is 18.7. The van der Waals surface area contributed by atoms with Gasteiger partial charge in [-0.1, -0.05) is 95.1 Å². The molecule has 4 aromatic carbocycles. The number of hydrogen-bond acceptors (Lipinski definition) is 1. The fourth-order valence-electron chi connectivity index (χ4n) is 9.13. The highest BCUT2D eigenvalue weighted by atomic mass is 15.3. The lowest BCUT2D eigenvalue weighted by molar-refractivity contribution is 0.195. The zero-order chi connectivity index (χ0) is 26.5. The summed E-state index contributed by atoms with van der Waals surface area (Å²) in [5.74, 6) is 0. The Balaban J connectivity index is 1.51. The van der Waals surface area contributed by atoms with Crippen LogP contribution >= 0.6 is 0 Å². The molecular weight excluding hydrogens is 471 g/mol. The van der Waals surface area contributed by atoms with Crippen molar-refractivity contribution in [1.29, 1.82) is 0 Å². The second-order valence-corrected chi connectivity index (χ2v) is 14.1. The Hall–Kier alpha value is -3.46. The van der Waals surface area contributed by atoms with Gasteiger partial charge in [-0.3, -0.25) is 0 Å². The van der Waals surface area contributed by atoms with E-state index in [-0.39, 0.29) is 23.1 Å². The number of rotatable bonds is 0. The van der Waals surface area contributed by atoms with E-state index >= 15 is 0 Å². The molecule has 4 heterocycles. The molecule has 1 aromatic heterocycles. The van der Waals surface area contributed by atoms with Gasteiger partial charge in [0.15, 0.2) is 0 Å². The molecule has 0 bridgehead atoms. The van der Waals surface area contributed by atoms with Crippen LogP contribution in [0.5, 0.6) is 0 Å². The lowest BCUT2D eigenvalue weighted by Gasteiger charge is -2.52. The van der Waals surface area contributed by atoms with Crippen molar-refractivity contribution >= 4 is 56.3 Å². The van der Waals surface area contributed by atoms with Crippen LogP contribution in [0.3, 0.4) is 0 Å². The number of hydrogen-bond donors (Lipinski definition) is 0. The van der Waals surface area contributed by atoms with E-state index in [9.17, 15) is 0 Å². The topological polar surface area (TPSA) is 8.17 Å². The van der Waals surface area contributed by atoms with Crippen LogP contribution in [0.4, 0.5) is 11.4 Å². The van der Waals surface area contributed by atoms with Crippen LogP contribution in [-0.2, 0) is 10.8 Å². The van der Waals surface area contributed by atoms with E-state index in [0.29, 0.717) is 0 Å². The van der Waals surface area contributed by atoms with Crippen molar-refractivity contribution in [3.8, 4) is 5.69 Å². The lowest BCUT2D eigenvalue weighted by Crippen LogP contribution is -2.64. The van der Waals surface area contributed by atoms with E-state index in [4.69, 9.17) is 0 Å². The summed E-state index contributed by atoms with van der Waals surface area (Å²) in [6.45, 7) is 12.5. The Kier molecular flexibility index (Phi) is 3.91. The van der Waals surface area contributed by atoms with Crippen molar-refractivity contribution in [2.75, 3.05) is 4.90 Å². The van der Waals surface area contributed by atoms with Gasteiger partial charge in [-0.05, 0) is 70.9 Å². The molecule has 4 aliphatic rings. The van der Waals surface area contributed by atoms with Gasteiger partial charge in [0.1, 0.15) is 0 Å². The second kappa shape index (κ2) is 6.81. The molecule has 0 N–H and O–H groups in total. The summed E-state index contributed by atoms with van der Waals surface area (Å²) < 4.78 is 2.61. The smallest absolute Gasteiger partial charge is 0.252 e. The average molecular weight is 507 g/mol. The van der Waals surface area contributed by atoms with Gasteiger partial charge in [0, 0.05) is 38.8 Å². The summed E-state index contributed by atoms with van der Waals surface area (Å²) in [4.78, 5) is 2.85. The van der Waals surface area contributed by atoms with Crippen LogP contribution in [0.2, 0.25) is 0 Å². The molecule has 0 saturated heterocycles. The highest BCUT2D eigenvalue weighted by Gasteiger charge is 2.61. The van der Waals surface area contributed by atoms with E-state index in [1.165, 1.54) is 86.5 Å². The molecule has 39 heavy (non-hydrogen) atoms. The van der Waals surface area contributed by atoms with Gasteiger partial charge >= 0.3 is 0 Å². The maximum absolute atomic E-state index is 2.85. The number of nitrogens with zero attached hydrogens (tertiary/aromatic N) is 2. The Morgan fingerprint density at radius 1 is 0.769 bits per heavy atom. The molecule has 2 unspecified atom stereocenters. The molecule has 5 aromatic rings. The van der Waals surface area contributed by atoms with Gasteiger partial charge in [-0.25, -0.2) is 0 Å². The predicted octanol–water partition coefficient (Wildman–Crippen LogP) is 6.97. The number of fused-ring (bicyclic) bond motifs is 10. The van der Waals surface area contributed by atoms with Crippen LogP contribution in [0.1, 0.15) is 71.4 Å². The zero-order valence-electron chi connectivity index (χ0n) is 23.7. The van der Waals surface area contributed by atoms with Gasteiger partial charge in [-0.2, -0.15) is 0 Å². The molecule has 3 aliphatic heterocycles. The van der Waals surface area contributed by atoms with E-state index in [1.54, 1.807) is 5.56 Å². The number of benzene rings is 4. The number of para-hydroxylation sites is 3. The van der Waals surface area contributed by atoms with Crippen LogP contribution in [0.25, 0.3) is 27.5 Å². The van der Waals surface area contributed by atoms with Crippen molar-refractivity contribution in [2.24, 2.45) is 0 Å². The standard InChI is InChI=1S/C36H35BN2/c1-34(2,3)22-20-29-31-30(21-22)39-33-25(35(4)18-8-9-19-36(35,39)5)14-11-16-27(33)37(31)26-15-10-13-24-23-12-6-7-17-28(23)38(29)32(24)26/h6-7,10-17,20-21H,8-9,18-19H2,1-5H3. The molecule has 1 fully saturated rings. The molecule has 2 atom stereocenters. The minimum absolute atomic E-state index is 0.0519. The number of anilines is 2. The van der Waals surface area contributed by atoms with Crippen LogP contribution in [0.15, 0.2) is 72.8 Å². The molecule has 0 spiro atoms. The Bertz CT molecular complexity index is 1910. The van der Waals surface area contributed by atoms with Gasteiger partial charge < -0.3 is 9.47 Å². The third-order valence-electron chi connectivity index (χ3n) is 11.3. The summed E-state index contributed by atoms with van der Waals surface area (Å²) in [6, 6.07) is 28.4. The summed E-state index contributed by atoms with van der Waals surface area (Å²) in [7, 11) is 0. The molecule has 0 radical (unpaired) electrons. The van der Waals surface area contributed by atoms with Gasteiger partial charge in [-0.15, -0.1) is 0 Å². The maximum atomic E-state index is 2.85. The van der Waals surface area contributed by atoms with Crippen molar-refractivity contribution in [3.05, 3.63) is 83.9 Å². The van der Waals surface area contributed by atoms with Crippen molar-refractivity contribution < 1.29 is 0 Å². The van der Waals surface area contributed by atoms with Crippen LogP contribution < -0.4 is 21.3 Å². The second-order valence-electron chi connectivity index (χ2n) is 14.1. The van der Waals surface area contributed by atoms with Gasteiger partial charge in [0.05, 0.1) is 11.1 Å². The third-order valence-corrected chi connectivity index (χ3v) is 11.3. The quantitative estimate of drug-likeness (QED) is 0.202. The number of aromatic nitrogens is 1. The minimum atomic E-state index is 0.0519. The summed E-state index contributed by atoms with van der Waals surface area (Å²) in [5, 5.41) is 2.73. The van der Waals surface area contributed by atoms with E-state index < -0.39 is 0 Å². The monoisotopic (exact) mass is 506 g/mol. The highest BCUT2D eigenvalue weighted by Crippen LogP contribution is 2.61. The summed E-state index contributed by atoms with van der Waals surface area (Å²) in [6.07, 6.45) is 5.14. The first-order valence-electron chi connectivity index (χ1n) is 14.9. The van der Waals surface area contributed by atoms with Gasteiger partial charge in [0.25, 0.3) is 6.71 Å². The lowest BCUT2D eigenvalue weighted by atomic mass is 9.33. The normalized spacial score (nSPS) is 24.2. The van der Waals surface area contributed by atoms with Crippen molar-refractivity contribution in [2.45, 2.75) is 76.7 Å². The molecule has 192 valence electrons. The predicted molar refractivity (Wildman–Crippen MR) is 167 cm³/mol. The van der Waals surface area contributed by atoms with Gasteiger partial charge in [0.2, 0.25) is 0 Å². The average Bonchev–Trinajstić information content (AvgIpc) is 3.37. The largest absolute Gasteiger partial charge is 0.335 e. The Labute approximate surface area is 231 Å². The van der Waals surface area contributed by atoms with E-state index in [1.807, 2.05) is 0 Å². The first kappa shape index (κ1) is 22.4. The molecule has 9 rings (SSSR count). The molecule has 0 amide bonds. The summed E-state index contributed by atoms with van der Waals surface area (Å²) in [5.41, 5.74) is 14.8. The molecule has 1 aliphatic carbocycles.